The Kier molecular flexibility index (Phi) is 3.58. The van der Waals surface area contributed by atoms with Crippen LogP contribution in [0, 0.1) is 0 Å². The Hall–Kier alpha value is -5.54. The van der Waals surface area contributed by atoms with Crippen molar-refractivity contribution in [1.82, 2.24) is 14.5 Å². The second-order valence-electron chi connectivity index (χ2n) is 9.59. The summed E-state index contributed by atoms with van der Waals surface area (Å²) in [6.45, 7) is 0. The van der Waals surface area contributed by atoms with Gasteiger partial charge in [-0.05, 0) is 87.9 Å². The van der Waals surface area contributed by atoms with E-state index in [4.69, 9.17) is 23.7 Å². The molecule has 0 bridgehead atoms. The fourth-order valence-corrected chi connectivity index (χ4v) is 5.25. The molecule has 0 N–H and O–H groups in total. The van der Waals surface area contributed by atoms with Gasteiger partial charge in [0, 0.05) is 11.1 Å². The first-order valence-electron chi connectivity index (χ1n) is 18.0. The Labute approximate surface area is 252 Å². The largest absolute Gasteiger partial charge is 0.293 e. The fraction of sp³-hybridized carbons (Fsp3) is 0. The van der Waals surface area contributed by atoms with Gasteiger partial charge in [0.05, 0.1) is 30.3 Å². The summed E-state index contributed by atoms with van der Waals surface area (Å²) in [7, 11) is 0. The van der Waals surface area contributed by atoms with E-state index in [1.54, 1.807) is 22.8 Å². The van der Waals surface area contributed by atoms with Gasteiger partial charge >= 0.3 is 0 Å². The zero-order valence-corrected chi connectivity index (χ0v) is 21.5. The highest BCUT2D eigenvalue weighted by Gasteiger charge is 2.17. The van der Waals surface area contributed by atoms with E-state index in [9.17, 15) is 0 Å². The molecule has 0 saturated carbocycles. The molecule has 0 spiro atoms. The van der Waals surface area contributed by atoms with Gasteiger partial charge in [-0.2, -0.15) is 0 Å². The van der Waals surface area contributed by atoms with Crippen molar-refractivity contribution in [2.45, 2.75) is 0 Å². The van der Waals surface area contributed by atoms with Crippen LogP contribution in [0.2, 0.25) is 0 Å². The minimum atomic E-state index is -0.499. The van der Waals surface area contributed by atoms with Crippen LogP contribution in [0.5, 0.6) is 0 Å². The quantitative estimate of drug-likeness (QED) is 0.225. The molecule has 0 aliphatic rings. The highest BCUT2D eigenvalue weighted by molar-refractivity contribution is 6.09. The number of hydrogen-bond acceptors (Lipinski definition) is 2. The van der Waals surface area contributed by atoms with Crippen molar-refractivity contribution in [3.63, 3.8) is 0 Å². The molecule has 2 heterocycles. The summed E-state index contributed by atoms with van der Waals surface area (Å²) >= 11 is 0. The van der Waals surface area contributed by atoms with Crippen LogP contribution in [-0.4, -0.2) is 14.5 Å². The normalized spacial score (nSPS) is 14.8. The van der Waals surface area contributed by atoms with Crippen LogP contribution in [-0.2, 0) is 0 Å². The number of para-hydroxylation sites is 3. The fourth-order valence-electron chi connectivity index (χ4n) is 5.25. The molecule has 0 radical (unpaired) electrons. The number of hydrogen-bond donors (Lipinski definition) is 0. The van der Waals surface area contributed by atoms with Crippen LogP contribution >= 0.6 is 0 Å². The Morgan fingerprint density at radius 2 is 1.10 bits per heavy atom. The van der Waals surface area contributed by atoms with E-state index in [1.165, 1.54) is 0 Å². The summed E-state index contributed by atoms with van der Waals surface area (Å²) in [5, 5.41) is 0.613. The SMILES string of the molecule is [2H]c1c([2H])c([2H])c(-c2cc(-c3ccccc3)cc(-c3ccc4c(c3)c3nc5ccccc5nc3n4-c3c([2H])c([2H])c([2H])c([2H])c3[2H])c2)c([2H])c1[2H]. The maximum Gasteiger partial charge on any atom is 0.165 e. The van der Waals surface area contributed by atoms with E-state index in [2.05, 4.69) is 0 Å². The number of rotatable bonds is 4. The van der Waals surface area contributed by atoms with Crippen LogP contribution in [0.15, 0.2) is 151 Å². The maximum absolute atomic E-state index is 8.78. The number of aromatic nitrogens is 3. The molecular formula is C38H25N3. The van der Waals surface area contributed by atoms with Crippen LogP contribution < -0.4 is 0 Å². The first-order valence-corrected chi connectivity index (χ1v) is 13.0. The summed E-state index contributed by atoms with van der Waals surface area (Å²) in [6.07, 6.45) is 0. The van der Waals surface area contributed by atoms with E-state index >= 15 is 0 Å². The molecule has 0 amide bonds. The molecule has 8 rings (SSSR count). The monoisotopic (exact) mass is 533 g/mol. The molecule has 192 valence electrons. The third kappa shape index (κ3) is 4.07. The van der Waals surface area contributed by atoms with Crippen LogP contribution in [0.3, 0.4) is 0 Å². The van der Waals surface area contributed by atoms with Crippen molar-refractivity contribution in [2.24, 2.45) is 0 Å². The van der Waals surface area contributed by atoms with Gasteiger partial charge in [0.25, 0.3) is 0 Å². The lowest BCUT2D eigenvalue weighted by Crippen LogP contribution is -1.96. The predicted octanol–water partition coefficient (Wildman–Crippen LogP) is 9.73. The van der Waals surface area contributed by atoms with E-state index in [1.807, 2.05) is 72.8 Å². The summed E-state index contributed by atoms with van der Waals surface area (Å²) in [5.74, 6) is 0. The molecule has 6 aromatic carbocycles. The highest BCUT2D eigenvalue weighted by Crippen LogP contribution is 2.37. The highest BCUT2D eigenvalue weighted by atomic mass is 15.1. The average Bonchev–Trinajstić information content (AvgIpc) is 3.46. The van der Waals surface area contributed by atoms with Crippen LogP contribution in [0.4, 0.5) is 0 Å². The van der Waals surface area contributed by atoms with Crippen LogP contribution in [0.25, 0.3) is 72.2 Å². The number of benzene rings is 6. The van der Waals surface area contributed by atoms with Crippen molar-refractivity contribution < 1.29 is 13.7 Å². The minimum absolute atomic E-state index is 0.0483. The van der Waals surface area contributed by atoms with Crippen molar-refractivity contribution in [3.8, 4) is 39.1 Å². The minimum Gasteiger partial charge on any atom is -0.293 e. The lowest BCUT2D eigenvalue weighted by Gasteiger charge is -2.12. The molecule has 8 aromatic rings. The molecule has 3 nitrogen and oxygen atoms in total. The second kappa shape index (κ2) is 9.58. The van der Waals surface area contributed by atoms with Crippen molar-refractivity contribution >= 4 is 33.1 Å². The molecule has 0 saturated heterocycles. The number of fused-ring (bicyclic) bond motifs is 4. The van der Waals surface area contributed by atoms with Crippen molar-refractivity contribution in [2.75, 3.05) is 0 Å². The standard InChI is InChI=1S/C38H25N3/c1-4-12-26(13-5-1)29-22-30(27-14-6-2-7-15-27)24-31(23-29)28-20-21-36-33(25-28)37-38(41(36)32-16-8-3-9-17-32)40-35-19-11-10-18-34(35)39-37/h1-25H/i1D,3D,4D,5D,8D,9D,12D,13D,16D,17D. The van der Waals surface area contributed by atoms with E-state index < -0.39 is 36.3 Å². The third-order valence-corrected chi connectivity index (χ3v) is 7.13. The van der Waals surface area contributed by atoms with Gasteiger partial charge < -0.3 is 0 Å². The molecule has 41 heavy (non-hydrogen) atoms. The van der Waals surface area contributed by atoms with Gasteiger partial charge in [0.15, 0.2) is 5.65 Å². The second-order valence-corrected chi connectivity index (χ2v) is 9.59. The smallest absolute Gasteiger partial charge is 0.165 e. The molecule has 0 aliphatic heterocycles. The molecule has 0 atom stereocenters. The van der Waals surface area contributed by atoms with Gasteiger partial charge in [-0.15, -0.1) is 0 Å². The van der Waals surface area contributed by atoms with Gasteiger partial charge in [0.2, 0.25) is 0 Å². The topological polar surface area (TPSA) is 30.7 Å². The van der Waals surface area contributed by atoms with Gasteiger partial charge in [0.1, 0.15) is 5.52 Å². The van der Waals surface area contributed by atoms with Crippen molar-refractivity contribution in [1.29, 1.82) is 0 Å². The number of nitrogens with zero attached hydrogens (tertiary/aromatic N) is 3. The van der Waals surface area contributed by atoms with E-state index in [0.29, 0.717) is 49.8 Å². The third-order valence-electron chi connectivity index (χ3n) is 7.13. The van der Waals surface area contributed by atoms with Gasteiger partial charge in [-0.3, -0.25) is 4.57 Å². The summed E-state index contributed by atoms with van der Waals surface area (Å²) < 4.78 is 86.1. The predicted molar refractivity (Wildman–Crippen MR) is 170 cm³/mol. The maximum atomic E-state index is 8.78. The van der Waals surface area contributed by atoms with E-state index in [0.717, 1.165) is 11.1 Å². The molecular weight excluding hydrogens is 498 g/mol. The molecule has 2 aromatic heterocycles. The summed E-state index contributed by atoms with van der Waals surface area (Å²) in [4.78, 5) is 9.82. The van der Waals surface area contributed by atoms with Crippen molar-refractivity contribution in [3.05, 3.63) is 151 Å². The summed E-state index contributed by atoms with van der Waals surface area (Å²) in [6, 6.07) is 23.8. The Balaban J connectivity index is 1.45. The van der Waals surface area contributed by atoms with Crippen LogP contribution in [0.1, 0.15) is 13.7 Å². The molecule has 0 fully saturated rings. The van der Waals surface area contributed by atoms with Gasteiger partial charge in [-0.25, -0.2) is 9.97 Å². The Bertz CT molecular complexity index is 2700. The first kappa shape index (κ1) is 15.3. The Morgan fingerprint density at radius 3 is 1.83 bits per heavy atom. The average molecular weight is 534 g/mol. The van der Waals surface area contributed by atoms with Gasteiger partial charge in [-0.1, -0.05) is 96.9 Å². The summed E-state index contributed by atoms with van der Waals surface area (Å²) in [5.41, 5.74) is 5.99. The first-order chi connectivity index (χ1) is 24.5. The lowest BCUT2D eigenvalue weighted by atomic mass is 9.93. The molecule has 0 aliphatic carbocycles. The zero-order chi connectivity index (χ0) is 35.9. The zero-order valence-electron chi connectivity index (χ0n) is 31.5. The Morgan fingerprint density at radius 1 is 0.488 bits per heavy atom. The molecule has 3 heteroatoms. The lowest BCUT2D eigenvalue weighted by molar-refractivity contribution is 1.14. The van der Waals surface area contributed by atoms with E-state index in [-0.39, 0.29) is 35.4 Å². The molecule has 0 unspecified atom stereocenters.